The van der Waals surface area contributed by atoms with E-state index in [2.05, 4.69) is 10.3 Å². The average molecular weight is 241 g/mol. The second kappa shape index (κ2) is 5.31. The lowest BCUT2D eigenvalue weighted by molar-refractivity contribution is 0.0939. The molecule has 0 saturated heterocycles. The van der Waals surface area contributed by atoms with Crippen molar-refractivity contribution < 1.29 is 4.79 Å². The molecule has 0 spiro atoms. The lowest BCUT2D eigenvalue weighted by atomic mass is 10.1. The largest absolute Gasteiger partial charge is 0.399 e. The van der Waals surface area contributed by atoms with Gasteiger partial charge in [0.25, 0.3) is 5.91 Å². The van der Waals surface area contributed by atoms with Crippen LogP contribution in [0.4, 0.5) is 5.69 Å². The van der Waals surface area contributed by atoms with Crippen molar-refractivity contribution >= 4 is 11.6 Å². The molecule has 4 heteroatoms. The first-order valence-electron chi connectivity index (χ1n) is 5.74. The van der Waals surface area contributed by atoms with Crippen LogP contribution in [0.1, 0.15) is 29.0 Å². The molecular weight excluding hydrogens is 226 g/mol. The highest BCUT2D eigenvalue weighted by atomic mass is 16.1. The second-order valence-corrected chi connectivity index (χ2v) is 4.08. The zero-order valence-corrected chi connectivity index (χ0v) is 10.1. The van der Waals surface area contributed by atoms with Crippen molar-refractivity contribution in [3.63, 3.8) is 0 Å². The van der Waals surface area contributed by atoms with Crippen LogP contribution in [0.25, 0.3) is 0 Å². The molecule has 1 atom stereocenters. The average Bonchev–Trinajstić information content (AvgIpc) is 2.39. The van der Waals surface area contributed by atoms with Gasteiger partial charge in [-0.05, 0) is 37.3 Å². The third kappa shape index (κ3) is 2.85. The van der Waals surface area contributed by atoms with Crippen LogP contribution in [0.2, 0.25) is 0 Å². The van der Waals surface area contributed by atoms with Crippen LogP contribution in [-0.4, -0.2) is 10.9 Å². The number of hydrogen-bond donors (Lipinski definition) is 2. The summed E-state index contributed by atoms with van der Waals surface area (Å²) in [6.07, 6.45) is 1.71. The van der Waals surface area contributed by atoms with Gasteiger partial charge in [-0.3, -0.25) is 9.78 Å². The van der Waals surface area contributed by atoms with E-state index in [1.54, 1.807) is 30.5 Å². The number of nitrogens with two attached hydrogens (primary N) is 1. The van der Waals surface area contributed by atoms with Gasteiger partial charge in [0.1, 0.15) is 0 Å². The van der Waals surface area contributed by atoms with Crippen LogP contribution in [0.3, 0.4) is 0 Å². The number of amides is 1. The van der Waals surface area contributed by atoms with Crippen LogP contribution < -0.4 is 11.1 Å². The zero-order valence-electron chi connectivity index (χ0n) is 10.1. The molecule has 0 fully saturated rings. The quantitative estimate of drug-likeness (QED) is 0.809. The summed E-state index contributed by atoms with van der Waals surface area (Å²) in [6, 6.07) is 12.4. The van der Waals surface area contributed by atoms with Crippen LogP contribution >= 0.6 is 0 Å². The summed E-state index contributed by atoms with van der Waals surface area (Å²) in [5.41, 5.74) is 7.60. The van der Waals surface area contributed by atoms with Crippen molar-refractivity contribution in [1.29, 1.82) is 0 Å². The van der Waals surface area contributed by atoms with E-state index in [-0.39, 0.29) is 11.9 Å². The number of hydrogen-bond acceptors (Lipinski definition) is 3. The Bertz CT molecular complexity index is 540. The van der Waals surface area contributed by atoms with Gasteiger partial charge >= 0.3 is 0 Å². The minimum atomic E-state index is -0.152. The van der Waals surface area contributed by atoms with Crippen LogP contribution in [-0.2, 0) is 0 Å². The van der Waals surface area contributed by atoms with E-state index in [1.165, 1.54) is 0 Å². The summed E-state index contributed by atoms with van der Waals surface area (Å²) in [5, 5.41) is 2.88. The number of carbonyl (C=O) groups is 1. The van der Waals surface area contributed by atoms with E-state index in [0.717, 1.165) is 5.69 Å². The number of nitrogen functional groups attached to an aromatic ring is 1. The number of nitrogens with zero attached hydrogens (tertiary/aromatic N) is 1. The Balaban J connectivity index is 2.08. The minimum Gasteiger partial charge on any atom is -0.399 e. The highest BCUT2D eigenvalue weighted by molar-refractivity contribution is 5.95. The summed E-state index contributed by atoms with van der Waals surface area (Å²) in [4.78, 5) is 16.2. The van der Waals surface area contributed by atoms with Crippen LogP contribution in [0.5, 0.6) is 0 Å². The van der Waals surface area contributed by atoms with Gasteiger partial charge < -0.3 is 11.1 Å². The molecule has 0 aliphatic rings. The standard InChI is InChI=1S/C14H15N3O/c1-10(13-7-2-3-8-16-13)17-14(18)11-5-4-6-12(15)9-11/h2-10H,15H2,1H3,(H,17,18)/t10-/m1/s1. The zero-order chi connectivity index (χ0) is 13.0. The molecule has 92 valence electrons. The molecule has 0 saturated carbocycles. The number of rotatable bonds is 3. The first-order chi connectivity index (χ1) is 8.66. The Morgan fingerprint density at radius 1 is 1.28 bits per heavy atom. The van der Waals surface area contributed by atoms with Gasteiger partial charge in [0.05, 0.1) is 11.7 Å². The fourth-order valence-corrected chi connectivity index (χ4v) is 1.67. The lowest BCUT2D eigenvalue weighted by Gasteiger charge is -2.13. The Morgan fingerprint density at radius 3 is 2.78 bits per heavy atom. The van der Waals surface area contributed by atoms with Gasteiger partial charge in [0, 0.05) is 17.4 Å². The van der Waals surface area contributed by atoms with Gasteiger partial charge in [-0.25, -0.2) is 0 Å². The Kier molecular flexibility index (Phi) is 3.57. The second-order valence-electron chi connectivity index (χ2n) is 4.08. The van der Waals surface area contributed by atoms with Gasteiger partial charge in [0.2, 0.25) is 0 Å². The normalized spacial score (nSPS) is 11.8. The summed E-state index contributed by atoms with van der Waals surface area (Å²) >= 11 is 0. The fraction of sp³-hybridized carbons (Fsp3) is 0.143. The van der Waals surface area contributed by atoms with Crippen LogP contribution in [0, 0.1) is 0 Å². The third-order valence-corrected chi connectivity index (χ3v) is 2.63. The number of anilines is 1. The van der Waals surface area contributed by atoms with Crippen molar-refractivity contribution in [2.24, 2.45) is 0 Å². The molecule has 1 aromatic carbocycles. The van der Waals surface area contributed by atoms with E-state index in [1.807, 2.05) is 25.1 Å². The SMILES string of the molecule is C[C@@H](NC(=O)c1cccc(N)c1)c1ccccn1. The number of nitrogens with one attached hydrogen (secondary N) is 1. The summed E-state index contributed by atoms with van der Waals surface area (Å²) in [7, 11) is 0. The highest BCUT2D eigenvalue weighted by Gasteiger charge is 2.11. The van der Waals surface area contributed by atoms with Crippen molar-refractivity contribution in [3.05, 3.63) is 59.9 Å². The van der Waals surface area contributed by atoms with E-state index in [9.17, 15) is 4.79 Å². The lowest BCUT2D eigenvalue weighted by Crippen LogP contribution is -2.27. The predicted octanol–water partition coefficient (Wildman–Crippen LogP) is 2.15. The van der Waals surface area contributed by atoms with Crippen molar-refractivity contribution in [2.75, 3.05) is 5.73 Å². The molecule has 18 heavy (non-hydrogen) atoms. The number of benzene rings is 1. The summed E-state index contributed by atoms with van der Waals surface area (Å²) < 4.78 is 0. The first kappa shape index (κ1) is 12.1. The molecule has 1 aromatic heterocycles. The van der Waals surface area contributed by atoms with Crippen molar-refractivity contribution in [1.82, 2.24) is 10.3 Å². The van der Waals surface area contributed by atoms with Crippen molar-refractivity contribution in [3.8, 4) is 0 Å². The van der Waals surface area contributed by atoms with Gasteiger partial charge in [-0.1, -0.05) is 12.1 Å². The molecule has 0 radical (unpaired) electrons. The molecule has 2 rings (SSSR count). The maximum atomic E-state index is 12.0. The van der Waals surface area contributed by atoms with E-state index < -0.39 is 0 Å². The maximum Gasteiger partial charge on any atom is 0.251 e. The molecule has 0 aliphatic heterocycles. The molecule has 0 unspecified atom stereocenters. The molecular formula is C14H15N3O. The summed E-state index contributed by atoms with van der Waals surface area (Å²) in [5.74, 6) is -0.152. The first-order valence-corrected chi connectivity index (χ1v) is 5.74. The number of pyridine rings is 1. The van der Waals surface area contributed by atoms with E-state index in [4.69, 9.17) is 5.73 Å². The Morgan fingerprint density at radius 2 is 2.11 bits per heavy atom. The topological polar surface area (TPSA) is 68.0 Å². The summed E-state index contributed by atoms with van der Waals surface area (Å²) in [6.45, 7) is 1.90. The van der Waals surface area contributed by atoms with Gasteiger partial charge in [-0.15, -0.1) is 0 Å². The molecule has 3 N–H and O–H groups in total. The van der Waals surface area contributed by atoms with Gasteiger partial charge in [-0.2, -0.15) is 0 Å². The van der Waals surface area contributed by atoms with Crippen molar-refractivity contribution in [2.45, 2.75) is 13.0 Å². The predicted molar refractivity (Wildman–Crippen MR) is 71.0 cm³/mol. The van der Waals surface area contributed by atoms with E-state index in [0.29, 0.717) is 11.3 Å². The molecule has 2 aromatic rings. The molecule has 1 heterocycles. The molecule has 0 aliphatic carbocycles. The number of carbonyl (C=O) groups excluding carboxylic acids is 1. The Labute approximate surface area is 106 Å². The smallest absolute Gasteiger partial charge is 0.251 e. The maximum absolute atomic E-state index is 12.0. The third-order valence-electron chi connectivity index (χ3n) is 2.63. The Hall–Kier alpha value is -2.36. The monoisotopic (exact) mass is 241 g/mol. The molecule has 1 amide bonds. The number of aromatic nitrogens is 1. The highest BCUT2D eigenvalue weighted by Crippen LogP contribution is 2.11. The van der Waals surface area contributed by atoms with Gasteiger partial charge in [0.15, 0.2) is 0 Å². The van der Waals surface area contributed by atoms with E-state index >= 15 is 0 Å². The minimum absolute atomic E-state index is 0.139. The van der Waals surface area contributed by atoms with Crippen LogP contribution in [0.15, 0.2) is 48.7 Å². The fourth-order valence-electron chi connectivity index (χ4n) is 1.67. The molecule has 4 nitrogen and oxygen atoms in total. The molecule has 0 bridgehead atoms.